The summed E-state index contributed by atoms with van der Waals surface area (Å²) in [5.74, 6) is 0.0652. The first-order valence-electron chi connectivity index (χ1n) is 6.45. The Kier molecular flexibility index (Phi) is 4.52. The molecule has 1 aliphatic heterocycles. The minimum atomic E-state index is -3.58. The fraction of sp³-hybridized carbons (Fsp3) is 0.727. The van der Waals surface area contributed by atoms with E-state index in [4.69, 9.17) is 5.73 Å². The topological polar surface area (TPSA) is 91.6 Å². The maximum absolute atomic E-state index is 12.3. The highest BCUT2D eigenvalue weighted by Gasteiger charge is 2.29. The number of nitrogens with zero attached hydrogens (tertiary/aromatic N) is 3. The Labute approximate surface area is 124 Å². The fourth-order valence-corrected chi connectivity index (χ4v) is 4.43. The van der Waals surface area contributed by atoms with Crippen LogP contribution in [0, 0.1) is 0 Å². The molecule has 1 aromatic heterocycles. The van der Waals surface area contributed by atoms with Gasteiger partial charge in [-0.05, 0) is 38.0 Å². The smallest absolute Gasteiger partial charge is 0.249 e. The van der Waals surface area contributed by atoms with Gasteiger partial charge in [-0.1, -0.05) is 0 Å². The molecule has 3 N–H and O–H groups in total. The average molecular weight is 319 g/mol. The van der Waals surface area contributed by atoms with E-state index < -0.39 is 10.0 Å². The van der Waals surface area contributed by atoms with Crippen LogP contribution < -0.4 is 11.1 Å². The Morgan fingerprint density at radius 2 is 2.20 bits per heavy atom. The number of hydrogen-bond acceptors (Lipinski definition) is 7. The number of nitrogens with one attached hydrogen (secondary N) is 1. The molecule has 2 rings (SSSR count). The van der Waals surface area contributed by atoms with Crippen molar-refractivity contribution in [3.05, 3.63) is 0 Å². The summed E-state index contributed by atoms with van der Waals surface area (Å²) < 4.78 is 29.8. The molecule has 0 aromatic carbocycles. The zero-order valence-corrected chi connectivity index (χ0v) is 13.6. The largest absolute Gasteiger partial charge is 0.382 e. The van der Waals surface area contributed by atoms with Crippen LogP contribution >= 0.6 is 11.5 Å². The molecule has 0 radical (unpaired) electrons. The van der Waals surface area contributed by atoms with Crippen LogP contribution in [-0.2, 0) is 10.0 Å². The molecule has 0 spiro atoms. The maximum atomic E-state index is 12.3. The van der Waals surface area contributed by atoms with Crippen LogP contribution in [0.15, 0.2) is 4.90 Å². The molecule has 0 saturated carbocycles. The molecule has 1 unspecified atom stereocenters. The highest BCUT2D eigenvalue weighted by Crippen LogP contribution is 2.34. The second kappa shape index (κ2) is 5.84. The lowest BCUT2D eigenvalue weighted by Crippen LogP contribution is -2.39. The SMILES string of the molecule is CN1CCCC(Nc2snc(N)c2S(=O)(=O)N(C)C)C1. The summed E-state index contributed by atoms with van der Waals surface area (Å²) in [5.41, 5.74) is 5.74. The number of anilines is 2. The number of likely N-dealkylation sites (tertiary alicyclic amines) is 1. The molecule has 20 heavy (non-hydrogen) atoms. The molecule has 9 heteroatoms. The Bertz CT molecular complexity index is 569. The van der Waals surface area contributed by atoms with Gasteiger partial charge in [0.1, 0.15) is 5.00 Å². The van der Waals surface area contributed by atoms with Gasteiger partial charge in [0.15, 0.2) is 10.7 Å². The quantitative estimate of drug-likeness (QED) is 0.839. The average Bonchev–Trinajstić information content (AvgIpc) is 2.70. The Balaban J connectivity index is 2.26. The van der Waals surface area contributed by atoms with Crippen molar-refractivity contribution in [1.82, 2.24) is 13.6 Å². The number of sulfonamides is 1. The fourth-order valence-electron chi connectivity index (χ4n) is 2.29. The van der Waals surface area contributed by atoms with E-state index in [9.17, 15) is 8.42 Å². The lowest BCUT2D eigenvalue weighted by Gasteiger charge is -2.30. The van der Waals surface area contributed by atoms with Crippen LogP contribution in [-0.4, -0.2) is 62.3 Å². The first-order chi connectivity index (χ1) is 9.32. The predicted octanol–water partition coefficient (Wildman–Crippen LogP) is 0.482. The van der Waals surface area contributed by atoms with Crippen LogP contribution in [0.4, 0.5) is 10.8 Å². The minimum absolute atomic E-state index is 0.0652. The summed E-state index contributed by atoms with van der Waals surface area (Å²) in [7, 11) is 1.46. The Hall–Kier alpha value is -0.900. The number of piperidine rings is 1. The van der Waals surface area contributed by atoms with E-state index in [0.29, 0.717) is 5.00 Å². The second-order valence-corrected chi connectivity index (χ2v) is 8.12. The van der Waals surface area contributed by atoms with Gasteiger partial charge in [-0.25, -0.2) is 12.7 Å². The van der Waals surface area contributed by atoms with Crippen LogP contribution in [0.1, 0.15) is 12.8 Å². The lowest BCUT2D eigenvalue weighted by atomic mass is 10.1. The van der Waals surface area contributed by atoms with Crippen LogP contribution in [0.2, 0.25) is 0 Å². The van der Waals surface area contributed by atoms with Gasteiger partial charge in [-0.2, -0.15) is 4.37 Å². The van der Waals surface area contributed by atoms with Crippen molar-refractivity contribution in [2.24, 2.45) is 0 Å². The van der Waals surface area contributed by atoms with Crippen molar-refractivity contribution >= 4 is 32.4 Å². The summed E-state index contributed by atoms with van der Waals surface area (Å²) in [4.78, 5) is 2.33. The number of aromatic nitrogens is 1. The normalized spacial score (nSPS) is 21.3. The molecule has 0 aliphatic carbocycles. The molecule has 1 fully saturated rings. The highest BCUT2D eigenvalue weighted by molar-refractivity contribution is 7.89. The lowest BCUT2D eigenvalue weighted by molar-refractivity contribution is 0.261. The third-order valence-corrected chi connectivity index (χ3v) is 6.18. The van der Waals surface area contributed by atoms with E-state index in [0.717, 1.165) is 41.8 Å². The Morgan fingerprint density at radius 3 is 2.80 bits per heavy atom. The molecule has 0 bridgehead atoms. The van der Waals surface area contributed by atoms with E-state index in [1.54, 1.807) is 0 Å². The predicted molar refractivity (Wildman–Crippen MR) is 81.5 cm³/mol. The van der Waals surface area contributed by atoms with Crippen molar-refractivity contribution in [2.45, 2.75) is 23.8 Å². The first kappa shape index (κ1) is 15.5. The molecule has 1 saturated heterocycles. The summed E-state index contributed by atoms with van der Waals surface area (Å²) in [5, 5.41) is 3.83. The monoisotopic (exact) mass is 319 g/mol. The zero-order valence-electron chi connectivity index (χ0n) is 12.0. The molecule has 2 heterocycles. The molecule has 114 valence electrons. The number of nitrogens with two attached hydrogens (primary N) is 1. The first-order valence-corrected chi connectivity index (χ1v) is 8.66. The van der Waals surface area contributed by atoms with Gasteiger partial charge in [0.05, 0.1) is 0 Å². The number of rotatable bonds is 4. The van der Waals surface area contributed by atoms with Crippen molar-refractivity contribution in [3.8, 4) is 0 Å². The molecule has 1 aromatic rings. The van der Waals surface area contributed by atoms with Gasteiger partial charge in [0.2, 0.25) is 10.0 Å². The summed E-state index contributed by atoms with van der Waals surface area (Å²) >= 11 is 1.10. The standard InChI is InChI=1S/C11H21N5O2S2/c1-15(2)20(17,18)9-10(12)14-19-11(9)13-8-5-4-6-16(3)7-8/h8,13H,4-7H2,1-3H3,(H2,12,14). The highest BCUT2D eigenvalue weighted by atomic mass is 32.2. The number of hydrogen-bond donors (Lipinski definition) is 2. The van der Waals surface area contributed by atoms with Gasteiger partial charge in [-0.3, -0.25) is 0 Å². The number of likely N-dealkylation sites (N-methyl/N-ethyl adjacent to an activating group) is 1. The summed E-state index contributed by atoms with van der Waals surface area (Å²) in [6.45, 7) is 1.96. The van der Waals surface area contributed by atoms with E-state index >= 15 is 0 Å². The molecule has 1 atom stereocenters. The molecule has 7 nitrogen and oxygen atoms in total. The maximum Gasteiger partial charge on any atom is 0.249 e. The van der Waals surface area contributed by atoms with Gasteiger partial charge in [0.25, 0.3) is 0 Å². The van der Waals surface area contributed by atoms with E-state index in [1.807, 2.05) is 0 Å². The molecular weight excluding hydrogens is 298 g/mol. The van der Waals surface area contributed by atoms with Gasteiger partial charge < -0.3 is 16.0 Å². The van der Waals surface area contributed by atoms with Crippen LogP contribution in [0.5, 0.6) is 0 Å². The zero-order chi connectivity index (χ0) is 14.9. The van der Waals surface area contributed by atoms with Crippen molar-refractivity contribution < 1.29 is 8.42 Å². The third-order valence-electron chi connectivity index (χ3n) is 3.37. The molecular formula is C11H21N5O2S2. The molecule has 0 amide bonds. The van der Waals surface area contributed by atoms with E-state index in [-0.39, 0.29) is 16.8 Å². The van der Waals surface area contributed by atoms with Gasteiger partial charge in [0, 0.05) is 26.7 Å². The second-order valence-electron chi connectivity index (χ2n) is 5.26. The van der Waals surface area contributed by atoms with E-state index in [2.05, 4.69) is 21.6 Å². The Morgan fingerprint density at radius 1 is 1.50 bits per heavy atom. The van der Waals surface area contributed by atoms with E-state index in [1.165, 1.54) is 14.1 Å². The third kappa shape index (κ3) is 3.05. The summed E-state index contributed by atoms with van der Waals surface area (Å²) in [6.07, 6.45) is 2.11. The number of nitrogen functional groups attached to an aromatic ring is 1. The van der Waals surface area contributed by atoms with Gasteiger partial charge in [-0.15, -0.1) is 0 Å². The van der Waals surface area contributed by atoms with Crippen LogP contribution in [0.25, 0.3) is 0 Å². The summed E-state index contributed by atoms with van der Waals surface area (Å²) in [6, 6.07) is 0.227. The van der Waals surface area contributed by atoms with Crippen LogP contribution in [0.3, 0.4) is 0 Å². The minimum Gasteiger partial charge on any atom is -0.382 e. The van der Waals surface area contributed by atoms with Gasteiger partial charge >= 0.3 is 0 Å². The van der Waals surface area contributed by atoms with Crippen molar-refractivity contribution in [3.63, 3.8) is 0 Å². The van der Waals surface area contributed by atoms with Crippen molar-refractivity contribution in [2.75, 3.05) is 45.3 Å². The molecule has 1 aliphatic rings. The van der Waals surface area contributed by atoms with Crippen molar-refractivity contribution in [1.29, 1.82) is 0 Å².